The molecule has 4 amide bonds. The number of carbonyl (C=O) groups is 3. The summed E-state index contributed by atoms with van der Waals surface area (Å²) in [5.41, 5.74) is 1.96. The predicted molar refractivity (Wildman–Crippen MR) is 162 cm³/mol. The zero-order valence-electron chi connectivity index (χ0n) is 23.7. The molecule has 2 aromatic rings. The van der Waals surface area contributed by atoms with Crippen molar-refractivity contribution in [3.8, 4) is 0 Å². The van der Waals surface area contributed by atoms with Gasteiger partial charge in [-0.05, 0) is 60.6 Å². The number of ether oxygens (including phenoxy) is 1. The van der Waals surface area contributed by atoms with Gasteiger partial charge in [0.2, 0.25) is 11.8 Å². The number of piperazine rings is 1. The number of halogens is 2. The van der Waals surface area contributed by atoms with Crippen LogP contribution in [0.25, 0.3) is 0 Å². The van der Waals surface area contributed by atoms with Gasteiger partial charge in [0.15, 0.2) is 0 Å². The quantitative estimate of drug-likeness (QED) is 0.555. The molecule has 3 fully saturated rings. The zero-order valence-corrected chi connectivity index (χ0v) is 25.2. The van der Waals surface area contributed by atoms with E-state index in [1.54, 1.807) is 0 Å². The minimum Gasteiger partial charge on any atom is -0.378 e. The first-order valence-electron chi connectivity index (χ1n) is 14.8. The molecule has 1 atom stereocenters. The van der Waals surface area contributed by atoms with Gasteiger partial charge in [0, 0.05) is 68.1 Å². The van der Waals surface area contributed by atoms with Crippen LogP contribution in [0.2, 0.25) is 10.0 Å². The Morgan fingerprint density at radius 3 is 2.26 bits per heavy atom. The van der Waals surface area contributed by atoms with E-state index in [4.69, 9.17) is 27.9 Å². The average Bonchev–Trinajstić information content (AvgIpc) is 3.28. The van der Waals surface area contributed by atoms with E-state index in [2.05, 4.69) is 10.2 Å². The maximum absolute atomic E-state index is 13.8. The first-order valence-corrected chi connectivity index (χ1v) is 15.6. The third-order valence-electron chi connectivity index (χ3n) is 9.32. The second-order valence-electron chi connectivity index (χ2n) is 11.7. The highest BCUT2D eigenvalue weighted by molar-refractivity contribution is 6.31. The summed E-state index contributed by atoms with van der Waals surface area (Å²) in [5.74, 6) is 0.157. The number of hydrogen-bond donors (Lipinski definition) is 1. The third-order valence-corrected chi connectivity index (χ3v) is 9.79. The highest BCUT2D eigenvalue weighted by Crippen LogP contribution is 2.49. The number of piperidine rings is 1. The second-order valence-corrected chi connectivity index (χ2v) is 12.6. The van der Waals surface area contributed by atoms with Gasteiger partial charge in [0.1, 0.15) is 0 Å². The summed E-state index contributed by atoms with van der Waals surface area (Å²) in [4.78, 5) is 47.8. The molecule has 0 saturated carbocycles. The van der Waals surface area contributed by atoms with Crippen molar-refractivity contribution in [2.75, 3.05) is 77.4 Å². The Labute approximate surface area is 256 Å². The van der Waals surface area contributed by atoms with Crippen LogP contribution in [0.5, 0.6) is 0 Å². The lowest BCUT2D eigenvalue weighted by Gasteiger charge is -2.44. The monoisotopic (exact) mass is 613 g/mol. The van der Waals surface area contributed by atoms with Gasteiger partial charge in [-0.15, -0.1) is 0 Å². The topological polar surface area (TPSA) is 85.4 Å². The predicted octanol–water partition coefficient (Wildman–Crippen LogP) is 3.73. The summed E-state index contributed by atoms with van der Waals surface area (Å²) in [6.45, 7) is 6.62. The number of benzene rings is 2. The number of carbonyl (C=O) groups excluding carboxylic acids is 3. The largest absolute Gasteiger partial charge is 0.378 e. The molecule has 4 aliphatic heterocycles. The second kappa shape index (κ2) is 12.4. The van der Waals surface area contributed by atoms with Crippen LogP contribution in [0.4, 0.5) is 10.5 Å². The Balaban J connectivity index is 1.10. The summed E-state index contributed by atoms with van der Waals surface area (Å²) >= 11 is 12.6. The van der Waals surface area contributed by atoms with Crippen LogP contribution in [0, 0.1) is 5.92 Å². The van der Waals surface area contributed by atoms with Gasteiger partial charge in [0.05, 0.1) is 25.2 Å². The Kier molecular flexibility index (Phi) is 8.63. The highest BCUT2D eigenvalue weighted by atomic mass is 35.5. The number of morpholine rings is 1. The maximum Gasteiger partial charge on any atom is 0.320 e. The summed E-state index contributed by atoms with van der Waals surface area (Å²) in [6, 6.07) is 13.4. The molecule has 4 heterocycles. The molecule has 42 heavy (non-hydrogen) atoms. The van der Waals surface area contributed by atoms with Crippen molar-refractivity contribution in [1.29, 1.82) is 0 Å². The van der Waals surface area contributed by atoms with E-state index in [1.807, 2.05) is 57.2 Å². The molecule has 9 nitrogen and oxygen atoms in total. The molecule has 3 saturated heterocycles. The van der Waals surface area contributed by atoms with Gasteiger partial charge in [0.25, 0.3) is 0 Å². The highest BCUT2D eigenvalue weighted by Gasteiger charge is 2.53. The van der Waals surface area contributed by atoms with Crippen molar-refractivity contribution in [3.63, 3.8) is 0 Å². The van der Waals surface area contributed by atoms with Crippen molar-refractivity contribution >= 4 is 46.7 Å². The Hall–Kier alpha value is -2.85. The molecule has 224 valence electrons. The van der Waals surface area contributed by atoms with E-state index < -0.39 is 5.41 Å². The summed E-state index contributed by atoms with van der Waals surface area (Å²) < 4.78 is 5.35. The fraction of sp³-hybridized carbons (Fsp3) is 0.516. The van der Waals surface area contributed by atoms with E-state index >= 15 is 0 Å². The molecular weight excluding hydrogens is 577 g/mol. The first-order chi connectivity index (χ1) is 20.3. The number of nitrogens with one attached hydrogen (secondary N) is 1. The molecule has 0 spiro atoms. The number of rotatable bonds is 5. The van der Waals surface area contributed by atoms with Crippen molar-refractivity contribution in [1.82, 2.24) is 19.6 Å². The molecule has 4 aliphatic rings. The van der Waals surface area contributed by atoms with E-state index in [0.717, 1.165) is 29.7 Å². The van der Waals surface area contributed by atoms with Gasteiger partial charge in [-0.25, -0.2) is 4.79 Å². The number of urea groups is 1. The maximum atomic E-state index is 13.8. The van der Waals surface area contributed by atoms with Crippen molar-refractivity contribution in [3.05, 3.63) is 63.6 Å². The van der Waals surface area contributed by atoms with Crippen molar-refractivity contribution in [2.24, 2.45) is 5.92 Å². The van der Waals surface area contributed by atoms with Crippen LogP contribution in [0.3, 0.4) is 0 Å². The molecule has 0 bridgehead atoms. The lowest BCUT2D eigenvalue weighted by Crippen LogP contribution is -2.56. The van der Waals surface area contributed by atoms with Crippen LogP contribution >= 0.6 is 23.2 Å². The van der Waals surface area contributed by atoms with Crippen molar-refractivity contribution in [2.45, 2.75) is 24.7 Å². The number of nitrogens with zero attached hydrogens (tertiary/aromatic N) is 4. The lowest BCUT2D eigenvalue weighted by atomic mass is 9.64. The Morgan fingerprint density at radius 2 is 1.55 bits per heavy atom. The van der Waals surface area contributed by atoms with Crippen LogP contribution in [0.1, 0.15) is 24.0 Å². The number of likely N-dealkylation sites (tertiary alicyclic amines) is 1. The first kappa shape index (κ1) is 29.2. The molecule has 1 unspecified atom stereocenters. The van der Waals surface area contributed by atoms with Gasteiger partial charge >= 0.3 is 6.03 Å². The average molecular weight is 615 g/mol. The smallest absolute Gasteiger partial charge is 0.320 e. The van der Waals surface area contributed by atoms with Gasteiger partial charge < -0.3 is 24.8 Å². The van der Waals surface area contributed by atoms with Crippen molar-refractivity contribution < 1.29 is 19.1 Å². The fourth-order valence-electron chi connectivity index (χ4n) is 7.02. The fourth-order valence-corrected chi connectivity index (χ4v) is 7.41. The molecule has 2 aromatic carbocycles. The Bertz CT molecular complexity index is 1340. The number of fused-ring (bicyclic) bond motifs is 1. The summed E-state index contributed by atoms with van der Waals surface area (Å²) in [6.07, 6.45) is 1.96. The lowest BCUT2D eigenvalue weighted by molar-refractivity contribution is -0.136. The summed E-state index contributed by atoms with van der Waals surface area (Å²) in [7, 11) is 0. The molecule has 1 N–H and O–H groups in total. The summed E-state index contributed by atoms with van der Waals surface area (Å²) in [5, 5.41) is 4.33. The van der Waals surface area contributed by atoms with E-state index in [9.17, 15) is 14.4 Å². The van der Waals surface area contributed by atoms with Crippen LogP contribution in [0.15, 0.2) is 42.5 Å². The molecule has 6 rings (SSSR count). The van der Waals surface area contributed by atoms with Gasteiger partial charge in [-0.3, -0.25) is 14.5 Å². The molecule has 0 aromatic heterocycles. The number of hydrogen-bond acceptors (Lipinski definition) is 5. The molecular formula is C31H37Cl2N5O4. The molecule has 0 aliphatic carbocycles. The molecule has 11 heteroatoms. The minimum absolute atomic E-state index is 0.0210. The SMILES string of the molecule is O=C(CN1CCN(C(=O)N2CCC(C3(Cc4cccc(Cl)c4)C(=O)Nc4cc(Cl)ccc43)CC2)CC1)N1CCOCC1. The normalized spacial score (nSPS) is 23.6. The Morgan fingerprint density at radius 1 is 0.857 bits per heavy atom. The van der Waals surface area contributed by atoms with E-state index in [1.165, 1.54) is 0 Å². The number of amides is 4. The van der Waals surface area contributed by atoms with Crippen LogP contribution in [-0.2, 0) is 26.2 Å². The standard InChI is InChI=1S/C31H37Cl2N5O4/c32-24-3-1-2-22(18-24)20-31(26-5-4-25(33)19-27(26)34-29(31)40)23-6-8-37(9-7-23)30(41)38-12-10-35(11-13-38)21-28(39)36-14-16-42-17-15-36/h1-5,18-19,23H,6-17,20-21H2,(H,34,40). The van der Waals surface area contributed by atoms with Crippen LogP contribution in [-0.4, -0.2) is 110 Å². The zero-order chi connectivity index (χ0) is 29.3. The van der Waals surface area contributed by atoms with Gasteiger partial charge in [-0.1, -0.05) is 41.4 Å². The van der Waals surface area contributed by atoms with E-state index in [-0.39, 0.29) is 23.8 Å². The number of anilines is 1. The van der Waals surface area contributed by atoms with Crippen LogP contribution < -0.4 is 5.32 Å². The third kappa shape index (κ3) is 5.84. The van der Waals surface area contributed by atoms with E-state index in [0.29, 0.717) is 88.6 Å². The molecule has 0 radical (unpaired) electrons. The minimum atomic E-state index is -0.765. The van der Waals surface area contributed by atoms with Gasteiger partial charge in [-0.2, -0.15) is 0 Å².